The van der Waals surface area contributed by atoms with Crippen LogP contribution in [0.15, 0.2) is 35.2 Å². The SMILES string of the molecule is CSc1ccc(/C=C/C(=O)O[C@H](C)C(=O)NC(=O)NC2CCCCC2)cc1. The molecule has 1 fully saturated rings. The molecule has 0 bridgehead atoms. The summed E-state index contributed by atoms with van der Waals surface area (Å²) in [5, 5.41) is 5.01. The molecule has 0 spiro atoms. The Morgan fingerprint density at radius 2 is 1.81 bits per heavy atom. The summed E-state index contributed by atoms with van der Waals surface area (Å²) in [7, 11) is 0. The van der Waals surface area contributed by atoms with Crippen molar-refractivity contribution in [2.45, 2.75) is 56.1 Å². The summed E-state index contributed by atoms with van der Waals surface area (Å²) >= 11 is 1.64. The Balaban J connectivity index is 1.75. The van der Waals surface area contributed by atoms with E-state index in [-0.39, 0.29) is 6.04 Å². The molecule has 146 valence electrons. The zero-order valence-corrected chi connectivity index (χ0v) is 16.5. The van der Waals surface area contributed by atoms with Gasteiger partial charge in [0.25, 0.3) is 5.91 Å². The summed E-state index contributed by atoms with van der Waals surface area (Å²) in [5.41, 5.74) is 0.855. The molecule has 6 nitrogen and oxygen atoms in total. The summed E-state index contributed by atoms with van der Waals surface area (Å²) in [6.07, 6.45) is 9.01. The van der Waals surface area contributed by atoms with Crippen molar-refractivity contribution < 1.29 is 19.1 Å². The van der Waals surface area contributed by atoms with Gasteiger partial charge in [0.2, 0.25) is 0 Å². The Kier molecular flexibility index (Phi) is 8.39. The second-order valence-electron chi connectivity index (χ2n) is 6.48. The minimum absolute atomic E-state index is 0.102. The molecular weight excluding hydrogens is 364 g/mol. The van der Waals surface area contributed by atoms with Gasteiger partial charge in [-0.25, -0.2) is 9.59 Å². The number of carbonyl (C=O) groups excluding carboxylic acids is 3. The van der Waals surface area contributed by atoms with Crippen LogP contribution >= 0.6 is 11.8 Å². The number of hydrogen-bond acceptors (Lipinski definition) is 5. The lowest BCUT2D eigenvalue weighted by Crippen LogP contribution is -2.48. The summed E-state index contributed by atoms with van der Waals surface area (Å²) in [6, 6.07) is 7.25. The molecule has 1 aromatic carbocycles. The van der Waals surface area contributed by atoms with E-state index in [1.165, 1.54) is 19.4 Å². The average Bonchev–Trinajstić information content (AvgIpc) is 2.67. The summed E-state index contributed by atoms with van der Waals surface area (Å²) in [6.45, 7) is 1.43. The van der Waals surface area contributed by atoms with Crippen molar-refractivity contribution in [3.63, 3.8) is 0 Å². The van der Waals surface area contributed by atoms with E-state index < -0.39 is 24.0 Å². The van der Waals surface area contributed by atoms with Crippen molar-refractivity contribution in [1.29, 1.82) is 0 Å². The molecule has 7 heteroatoms. The maximum Gasteiger partial charge on any atom is 0.331 e. The fourth-order valence-corrected chi connectivity index (χ4v) is 3.24. The highest BCUT2D eigenvalue weighted by Crippen LogP contribution is 2.17. The van der Waals surface area contributed by atoms with Gasteiger partial charge in [-0.2, -0.15) is 0 Å². The van der Waals surface area contributed by atoms with Gasteiger partial charge < -0.3 is 10.1 Å². The number of rotatable bonds is 6. The Morgan fingerprint density at radius 1 is 1.15 bits per heavy atom. The molecule has 1 saturated carbocycles. The van der Waals surface area contributed by atoms with Crippen molar-refractivity contribution in [2.24, 2.45) is 0 Å². The van der Waals surface area contributed by atoms with E-state index in [1.807, 2.05) is 30.5 Å². The van der Waals surface area contributed by atoms with Gasteiger partial charge in [-0.05, 0) is 49.8 Å². The van der Waals surface area contributed by atoms with Gasteiger partial charge in [0.05, 0.1) is 0 Å². The Labute approximate surface area is 164 Å². The standard InChI is InChI=1S/C20H26N2O4S/c1-14(19(24)22-20(25)21-16-6-4-3-5-7-16)26-18(23)13-10-15-8-11-17(27-2)12-9-15/h8-14,16H,3-7H2,1-2H3,(H2,21,22,24,25)/b13-10+/t14-/m1/s1. The number of ether oxygens (including phenoxy) is 1. The van der Waals surface area contributed by atoms with Crippen LogP contribution in [0.3, 0.4) is 0 Å². The molecule has 3 amide bonds. The number of esters is 1. The second kappa shape index (κ2) is 10.8. The van der Waals surface area contributed by atoms with Crippen molar-refractivity contribution in [2.75, 3.05) is 6.26 Å². The fourth-order valence-electron chi connectivity index (χ4n) is 2.83. The average molecular weight is 391 g/mol. The number of carbonyl (C=O) groups is 3. The molecule has 2 N–H and O–H groups in total. The van der Waals surface area contributed by atoms with Crippen LogP contribution in [0, 0.1) is 0 Å². The van der Waals surface area contributed by atoms with Crippen LogP contribution in [0.2, 0.25) is 0 Å². The summed E-state index contributed by atoms with van der Waals surface area (Å²) < 4.78 is 5.05. The zero-order valence-electron chi connectivity index (χ0n) is 15.7. The molecule has 2 rings (SSSR count). The molecule has 1 atom stereocenters. The van der Waals surface area contributed by atoms with Crippen LogP contribution in [-0.4, -0.2) is 36.3 Å². The molecule has 0 aromatic heterocycles. The highest BCUT2D eigenvalue weighted by Gasteiger charge is 2.21. The van der Waals surface area contributed by atoms with E-state index in [1.54, 1.807) is 17.8 Å². The zero-order chi connectivity index (χ0) is 19.6. The van der Waals surface area contributed by atoms with E-state index in [2.05, 4.69) is 10.6 Å². The van der Waals surface area contributed by atoms with E-state index in [4.69, 9.17) is 4.74 Å². The van der Waals surface area contributed by atoms with Gasteiger partial charge in [0.15, 0.2) is 6.10 Å². The first-order valence-corrected chi connectivity index (χ1v) is 10.3. The molecular formula is C20H26N2O4S. The predicted octanol–water partition coefficient (Wildman–Crippen LogP) is 3.51. The number of thioether (sulfide) groups is 1. The minimum atomic E-state index is -1.06. The van der Waals surface area contributed by atoms with Crippen molar-refractivity contribution in [3.8, 4) is 0 Å². The van der Waals surface area contributed by atoms with Gasteiger partial charge >= 0.3 is 12.0 Å². The number of imide groups is 1. The van der Waals surface area contributed by atoms with E-state index in [9.17, 15) is 14.4 Å². The van der Waals surface area contributed by atoms with Crippen molar-refractivity contribution >= 4 is 35.7 Å². The first-order chi connectivity index (χ1) is 13.0. The van der Waals surface area contributed by atoms with Gasteiger partial charge in [0.1, 0.15) is 0 Å². The number of nitrogens with one attached hydrogen (secondary N) is 2. The molecule has 27 heavy (non-hydrogen) atoms. The third-order valence-electron chi connectivity index (χ3n) is 4.37. The molecule has 0 saturated heterocycles. The van der Waals surface area contributed by atoms with Crippen LogP contribution in [-0.2, 0) is 14.3 Å². The maximum atomic E-state index is 12.0. The lowest BCUT2D eigenvalue weighted by atomic mass is 9.96. The fraction of sp³-hybridized carbons (Fsp3) is 0.450. The summed E-state index contributed by atoms with van der Waals surface area (Å²) in [4.78, 5) is 36.9. The van der Waals surface area contributed by atoms with Crippen molar-refractivity contribution in [1.82, 2.24) is 10.6 Å². The molecule has 0 heterocycles. The van der Waals surface area contributed by atoms with Gasteiger partial charge in [-0.3, -0.25) is 10.1 Å². The van der Waals surface area contributed by atoms with E-state index >= 15 is 0 Å². The van der Waals surface area contributed by atoms with Gasteiger partial charge in [-0.1, -0.05) is 31.4 Å². The van der Waals surface area contributed by atoms with E-state index in [0.29, 0.717) is 0 Å². The lowest BCUT2D eigenvalue weighted by Gasteiger charge is -2.23. The quantitative estimate of drug-likeness (QED) is 0.441. The number of urea groups is 1. The number of amides is 3. The third kappa shape index (κ3) is 7.46. The second-order valence-corrected chi connectivity index (χ2v) is 7.36. The molecule has 1 aliphatic rings. The minimum Gasteiger partial charge on any atom is -0.449 e. The van der Waals surface area contributed by atoms with Crippen LogP contribution < -0.4 is 10.6 Å². The Morgan fingerprint density at radius 3 is 2.44 bits per heavy atom. The molecule has 1 aromatic rings. The normalized spacial score (nSPS) is 15.9. The first-order valence-electron chi connectivity index (χ1n) is 9.12. The largest absolute Gasteiger partial charge is 0.449 e. The van der Waals surface area contributed by atoms with E-state index in [0.717, 1.165) is 36.1 Å². The smallest absolute Gasteiger partial charge is 0.331 e. The number of benzene rings is 1. The molecule has 0 aliphatic heterocycles. The summed E-state index contributed by atoms with van der Waals surface area (Å²) in [5.74, 6) is -1.28. The molecule has 0 radical (unpaired) electrons. The highest BCUT2D eigenvalue weighted by atomic mass is 32.2. The number of hydrogen-bond donors (Lipinski definition) is 2. The predicted molar refractivity (Wildman–Crippen MR) is 106 cm³/mol. The van der Waals surface area contributed by atoms with Crippen LogP contribution in [0.5, 0.6) is 0 Å². The van der Waals surface area contributed by atoms with Gasteiger partial charge in [0, 0.05) is 17.0 Å². The first kappa shape index (κ1) is 21.0. The monoisotopic (exact) mass is 390 g/mol. The lowest BCUT2D eigenvalue weighted by molar-refractivity contribution is -0.149. The molecule has 1 aliphatic carbocycles. The van der Waals surface area contributed by atoms with Crippen molar-refractivity contribution in [3.05, 3.63) is 35.9 Å². The maximum absolute atomic E-state index is 12.0. The van der Waals surface area contributed by atoms with Crippen LogP contribution in [0.25, 0.3) is 6.08 Å². The molecule has 0 unspecified atom stereocenters. The third-order valence-corrected chi connectivity index (χ3v) is 5.11. The van der Waals surface area contributed by atoms with Gasteiger partial charge in [-0.15, -0.1) is 11.8 Å². The topological polar surface area (TPSA) is 84.5 Å². The van der Waals surface area contributed by atoms with Crippen LogP contribution in [0.1, 0.15) is 44.6 Å². The highest BCUT2D eigenvalue weighted by molar-refractivity contribution is 7.98. The van der Waals surface area contributed by atoms with Crippen LogP contribution in [0.4, 0.5) is 4.79 Å². The Bertz CT molecular complexity index is 682. The Hall–Kier alpha value is -2.28.